The minimum absolute atomic E-state index is 0.118. The third-order valence-electron chi connectivity index (χ3n) is 3.31. The van der Waals surface area contributed by atoms with Gasteiger partial charge in [-0.1, -0.05) is 13.8 Å². The van der Waals surface area contributed by atoms with E-state index in [0.29, 0.717) is 12.5 Å². The fraction of sp³-hybridized carbons (Fsp3) is 0.750. The van der Waals surface area contributed by atoms with Crippen molar-refractivity contribution in [2.75, 3.05) is 0 Å². The number of hydrogen-bond acceptors (Lipinski definition) is 3. The molecule has 0 aliphatic rings. The molecular formula is C16H29NO2. The molecule has 0 fully saturated rings. The monoisotopic (exact) mass is 267 g/mol. The van der Waals surface area contributed by atoms with Gasteiger partial charge in [0, 0.05) is 17.6 Å². The lowest BCUT2D eigenvalue weighted by Crippen LogP contribution is -2.35. The van der Waals surface area contributed by atoms with E-state index in [9.17, 15) is 0 Å². The highest BCUT2D eigenvalue weighted by molar-refractivity contribution is 5.20. The summed E-state index contributed by atoms with van der Waals surface area (Å²) in [5.74, 6) is 2.42. The SMILES string of the molecule is Cc1oc(COC(C)C(C)C)cc1CNC(C)(C)C. The highest BCUT2D eigenvalue weighted by Gasteiger charge is 2.14. The Morgan fingerprint density at radius 3 is 2.42 bits per heavy atom. The molecule has 0 aliphatic heterocycles. The van der Waals surface area contributed by atoms with E-state index in [1.807, 2.05) is 6.92 Å². The van der Waals surface area contributed by atoms with Gasteiger partial charge in [0.2, 0.25) is 0 Å². The van der Waals surface area contributed by atoms with Gasteiger partial charge in [0.25, 0.3) is 0 Å². The fourth-order valence-electron chi connectivity index (χ4n) is 1.60. The van der Waals surface area contributed by atoms with Gasteiger partial charge in [-0.15, -0.1) is 0 Å². The van der Waals surface area contributed by atoms with Crippen molar-refractivity contribution < 1.29 is 9.15 Å². The zero-order valence-corrected chi connectivity index (χ0v) is 13.5. The summed E-state index contributed by atoms with van der Waals surface area (Å²) in [6.45, 7) is 16.3. The summed E-state index contributed by atoms with van der Waals surface area (Å²) >= 11 is 0. The topological polar surface area (TPSA) is 34.4 Å². The zero-order valence-electron chi connectivity index (χ0n) is 13.5. The van der Waals surface area contributed by atoms with E-state index < -0.39 is 0 Å². The summed E-state index contributed by atoms with van der Waals surface area (Å²) in [7, 11) is 0. The smallest absolute Gasteiger partial charge is 0.130 e. The van der Waals surface area contributed by atoms with Crippen molar-refractivity contribution in [2.24, 2.45) is 5.92 Å². The molecule has 3 heteroatoms. The second-order valence-corrected chi connectivity index (χ2v) is 6.66. The van der Waals surface area contributed by atoms with E-state index >= 15 is 0 Å². The first-order chi connectivity index (χ1) is 8.69. The molecule has 19 heavy (non-hydrogen) atoms. The highest BCUT2D eigenvalue weighted by atomic mass is 16.5. The first kappa shape index (κ1) is 16.3. The molecule has 0 aliphatic carbocycles. The normalized spacial score (nSPS) is 14.1. The van der Waals surface area contributed by atoms with E-state index in [4.69, 9.17) is 9.15 Å². The van der Waals surface area contributed by atoms with Gasteiger partial charge in [-0.25, -0.2) is 0 Å². The van der Waals surface area contributed by atoms with Crippen molar-refractivity contribution in [1.29, 1.82) is 0 Å². The van der Waals surface area contributed by atoms with Crippen LogP contribution in [-0.2, 0) is 17.9 Å². The Kier molecular flexibility index (Phi) is 5.63. The number of nitrogens with one attached hydrogen (secondary N) is 1. The molecule has 1 unspecified atom stereocenters. The van der Waals surface area contributed by atoms with Gasteiger partial charge in [0.05, 0.1) is 6.10 Å². The van der Waals surface area contributed by atoms with E-state index in [1.54, 1.807) is 0 Å². The Bertz CT molecular complexity index is 388. The maximum atomic E-state index is 5.79. The minimum Gasteiger partial charge on any atom is -0.464 e. The van der Waals surface area contributed by atoms with Gasteiger partial charge in [-0.2, -0.15) is 0 Å². The largest absolute Gasteiger partial charge is 0.464 e. The molecule has 0 saturated carbocycles. The van der Waals surface area contributed by atoms with Crippen LogP contribution >= 0.6 is 0 Å². The molecule has 1 aromatic rings. The molecule has 0 saturated heterocycles. The van der Waals surface area contributed by atoms with Crippen LogP contribution < -0.4 is 5.32 Å². The second-order valence-electron chi connectivity index (χ2n) is 6.66. The highest BCUT2D eigenvalue weighted by Crippen LogP contribution is 2.18. The van der Waals surface area contributed by atoms with E-state index in [2.05, 4.69) is 52.9 Å². The Hall–Kier alpha value is -0.800. The number of aryl methyl sites for hydroxylation is 1. The van der Waals surface area contributed by atoms with Crippen LogP contribution in [0.3, 0.4) is 0 Å². The molecule has 0 spiro atoms. The number of hydrogen-bond donors (Lipinski definition) is 1. The van der Waals surface area contributed by atoms with Crippen molar-refractivity contribution in [3.63, 3.8) is 0 Å². The lowest BCUT2D eigenvalue weighted by molar-refractivity contribution is 0.0146. The molecule has 0 bridgehead atoms. The quantitative estimate of drug-likeness (QED) is 0.844. The average molecular weight is 267 g/mol. The van der Waals surface area contributed by atoms with E-state index in [1.165, 1.54) is 5.56 Å². The molecule has 0 radical (unpaired) electrons. The van der Waals surface area contributed by atoms with Gasteiger partial charge in [-0.3, -0.25) is 0 Å². The van der Waals surface area contributed by atoms with Crippen LogP contribution in [0.1, 0.15) is 58.6 Å². The van der Waals surface area contributed by atoms with Crippen LogP contribution in [-0.4, -0.2) is 11.6 Å². The predicted molar refractivity (Wildman–Crippen MR) is 79.1 cm³/mol. The van der Waals surface area contributed by atoms with Gasteiger partial charge in [0.15, 0.2) is 0 Å². The van der Waals surface area contributed by atoms with Crippen molar-refractivity contribution in [3.8, 4) is 0 Å². The summed E-state index contributed by atoms with van der Waals surface area (Å²) in [4.78, 5) is 0. The van der Waals surface area contributed by atoms with Crippen LogP contribution in [0, 0.1) is 12.8 Å². The van der Waals surface area contributed by atoms with Gasteiger partial charge in [0.1, 0.15) is 18.1 Å². The van der Waals surface area contributed by atoms with Crippen molar-refractivity contribution in [2.45, 2.75) is 73.3 Å². The van der Waals surface area contributed by atoms with Crippen molar-refractivity contribution >= 4 is 0 Å². The predicted octanol–water partition coefficient (Wildman–Crippen LogP) is 4.04. The number of rotatable bonds is 6. The zero-order chi connectivity index (χ0) is 14.6. The molecule has 110 valence electrons. The van der Waals surface area contributed by atoms with Crippen LogP contribution in [0.2, 0.25) is 0 Å². The molecule has 0 aromatic carbocycles. The standard InChI is InChI=1S/C16H29NO2/c1-11(2)12(3)18-10-15-8-14(13(4)19-15)9-17-16(5,6)7/h8,11-12,17H,9-10H2,1-7H3. The van der Waals surface area contributed by atoms with Crippen LogP contribution in [0.5, 0.6) is 0 Å². The summed E-state index contributed by atoms with van der Waals surface area (Å²) in [5, 5.41) is 3.47. The molecule has 1 atom stereocenters. The Morgan fingerprint density at radius 1 is 1.26 bits per heavy atom. The molecule has 1 heterocycles. The van der Waals surface area contributed by atoms with Crippen LogP contribution in [0.15, 0.2) is 10.5 Å². The Balaban J connectivity index is 2.54. The number of furan rings is 1. The molecular weight excluding hydrogens is 238 g/mol. The van der Waals surface area contributed by atoms with Gasteiger partial charge < -0.3 is 14.5 Å². The van der Waals surface area contributed by atoms with Crippen LogP contribution in [0.4, 0.5) is 0 Å². The molecule has 1 aromatic heterocycles. The van der Waals surface area contributed by atoms with Crippen molar-refractivity contribution in [3.05, 3.63) is 23.2 Å². The van der Waals surface area contributed by atoms with Crippen LogP contribution in [0.25, 0.3) is 0 Å². The Labute approximate surface area is 117 Å². The summed E-state index contributed by atoms with van der Waals surface area (Å²) in [5.41, 5.74) is 1.33. The maximum absolute atomic E-state index is 5.79. The third-order valence-corrected chi connectivity index (χ3v) is 3.31. The van der Waals surface area contributed by atoms with E-state index in [0.717, 1.165) is 18.1 Å². The number of ether oxygens (including phenoxy) is 1. The second kappa shape index (κ2) is 6.58. The first-order valence-corrected chi connectivity index (χ1v) is 7.14. The molecule has 0 amide bonds. The summed E-state index contributed by atoms with van der Waals surface area (Å²) in [6.07, 6.45) is 0.251. The summed E-state index contributed by atoms with van der Waals surface area (Å²) < 4.78 is 11.5. The molecule has 3 nitrogen and oxygen atoms in total. The average Bonchev–Trinajstić information content (AvgIpc) is 2.63. The molecule has 1 rings (SSSR count). The van der Waals surface area contributed by atoms with E-state index in [-0.39, 0.29) is 11.6 Å². The van der Waals surface area contributed by atoms with Gasteiger partial charge >= 0.3 is 0 Å². The lowest BCUT2D eigenvalue weighted by atomic mass is 10.1. The summed E-state index contributed by atoms with van der Waals surface area (Å²) in [6, 6.07) is 2.10. The maximum Gasteiger partial charge on any atom is 0.130 e. The Morgan fingerprint density at radius 2 is 1.89 bits per heavy atom. The first-order valence-electron chi connectivity index (χ1n) is 7.14. The minimum atomic E-state index is 0.118. The van der Waals surface area contributed by atoms with Crippen molar-refractivity contribution in [1.82, 2.24) is 5.32 Å². The van der Waals surface area contributed by atoms with Gasteiger partial charge in [-0.05, 0) is 46.6 Å². The third kappa shape index (κ3) is 5.79. The fourth-order valence-corrected chi connectivity index (χ4v) is 1.60. The molecule has 1 N–H and O–H groups in total. The lowest BCUT2D eigenvalue weighted by Gasteiger charge is -2.20.